The summed E-state index contributed by atoms with van der Waals surface area (Å²) in [6.07, 6.45) is 6.96. The van der Waals surface area contributed by atoms with Crippen LogP contribution in [0.15, 0.2) is 61.1 Å². The number of pyridine rings is 4. The predicted molar refractivity (Wildman–Crippen MR) is 95.2 cm³/mol. The van der Waals surface area contributed by atoms with Crippen molar-refractivity contribution in [2.24, 2.45) is 0 Å². The van der Waals surface area contributed by atoms with Gasteiger partial charge in [0.25, 0.3) is 0 Å². The Morgan fingerprint density at radius 1 is 0.840 bits per heavy atom. The van der Waals surface area contributed by atoms with E-state index in [1.54, 1.807) is 12.4 Å². The summed E-state index contributed by atoms with van der Waals surface area (Å²) in [7, 11) is 0. The van der Waals surface area contributed by atoms with E-state index in [0.29, 0.717) is 0 Å². The van der Waals surface area contributed by atoms with Crippen molar-refractivity contribution >= 4 is 27.6 Å². The third-order valence-corrected chi connectivity index (χ3v) is 4.25. The summed E-state index contributed by atoms with van der Waals surface area (Å²) < 4.78 is 1.81. The van der Waals surface area contributed by atoms with Crippen LogP contribution in [0.25, 0.3) is 27.6 Å². The Labute approximate surface area is 143 Å². The van der Waals surface area contributed by atoms with Crippen molar-refractivity contribution < 1.29 is 0 Å². The van der Waals surface area contributed by atoms with Gasteiger partial charge >= 0.3 is 0 Å². The summed E-state index contributed by atoms with van der Waals surface area (Å²) in [5.41, 5.74) is 3.54. The molecule has 0 aliphatic carbocycles. The molecule has 0 saturated carbocycles. The molecule has 0 atom stereocenters. The fourth-order valence-electron chi connectivity index (χ4n) is 3.01. The molecule has 25 heavy (non-hydrogen) atoms. The lowest BCUT2D eigenvalue weighted by atomic mass is 10.2. The number of hydrogen-bond donors (Lipinski definition) is 0. The van der Waals surface area contributed by atoms with Gasteiger partial charge in [-0.1, -0.05) is 0 Å². The van der Waals surface area contributed by atoms with Crippen molar-refractivity contribution in [1.82, 2.24) is 29.5 Å². The summed E-state index contributed by atoms with van der Waals surface area (Å²) in [5.74, 6) is 0.805. The van der Waals surface area contributed by atoms with Crippen molar-refractivity contribution in [3.8, 4) is 0 Å². The van der Waals surface area contributed by atoms with E-state index in [1.165, 1.54) is 0 Å². The predicted octanol–water partition coefficient (Wildman–Crippen LogP) is 3.01. The average Bonchev–Trinajstić information content (AvgIpc) is 3.10. The molecule has 5 rings (SSSR count). The molecule has 120 valence electrons. The summed E-state index contributed by atoms with van der Waals surface area (Å²) in [4.78, 5) is 18.0. The molecule has 5 heterocycles. The molecule has 0 saturated heterocycles. The molecule has 0 bridgehead atoms. The SMILES string of the molecule is c1cnc2nc(CCc3nc4c5cccnc5ccn4n3)ccc2c1. The molecule has 0 aliphatic heterocycles. The first-order valence-corrected chi connectivity index (χ1v) is 8.16. The average molecular weight is 326 g/mol. The highest BCUT2D eigenvalue weighted by atomic mass is 15.3. The molecular formula is C19H14N6. The zero-order valence-corrected chi connectivity index (χ0v) is 13.4. The van der Waals surface area contributed by atoms with Gasteiger partial charge in [0.2, 0.25) is 0 Å². The van der Waals surface area contributed by atoms with E-state index in [2.05, 4.69) is 31.1 Å². The van der Waals surface area contributed by atoms with E-state index < -0.39 is 0 Å². The lowest BCUT2D eigenvalue weighted by Crippen LogP contribution is -1.97. The van der Waals surface area contributed by atoms with Gasteiger partial charge in [-0.3, -0.25) is 4.98 Å². The Morgan fingerprint density at radius 2 is 1.76 bits per heavy atom. The van der Waals surface area contributed by atoms with E-state index in [1.807, 2.05) is 47.1 Å². The Bertz CT molecular complexity index is 1210. The maximum absolute atomic E-state index is 4.69. The van der Waals surface area contributed by atoms with Crippen LogP contribution in [0.2, 0.25) is 0 Å². The molecule has 0 unspecified atom stereocenters. The standard InChI is InChI=1S/C19H14N6/c1-3-13-5-6-14(22-18(13)21-11-1)7-8-17-23-19-15-4-2-10-20-16(15)9-12-25(19)24-17/h1-6,9-12H,7-8H2. The van der Waals surface area contributed by atoms with Crippen molar-refractivity contribution in [2.75, 3.05) is 0 Å². The largest absolute Gasteiger partial charge is 0.256 e. The summed E-state index contributed by atoms with van der Waals surface area (Å²) >= 11 is 0. The quantitative estimate of drug-likeness (QED) is 0.510. The molecule has 0 amide bonds. The number of aromatic nitrogens is 6. The molecule has 0 radical (unpaired) electrons. The van der Waals surface area contributed by atoms with Gasteiger partial charge in [0.15, 0.2) is 17.1 Å². The number of rotatable bonds is 3. The lowest BCUT2D eigenvalue weighted by molar-refractivity contribution is 0.823. The Kier molecular flexibility index (Phi) is 3.13. The van der Waals surface area contributed by atoms with Gasteiger partial charge < -0.3 is 0 Å². The topological polar surface area (TPSA) is 68.9 Å². The first-order valence-electron chi connectivity index (χ1n) is 8.16. The van der Waals surface area contributed by atoms with E-state index >= 15 is 0 Å². The second-order valence-corrected chi connectivity index (χ2v) is 5.90. The third kappa shape index (κ3) is 2.48. The van der Waals surface area contributed by atoms with Gasteiger partial charge in [0.1, 0.15) is 0 Å². The van der Waals surface area contributed by atoms with Crippen LogP contribution in [-0.4, -0.2) is 29.5 Å². The lowest BCUT2D eigenvalue weighted by Gasteiger charge is -2.00. The van der Waals surface area contributed by atoms with Gasteiger partial charge in [-0.25, -0.2) is 19.5 Å². The number of fused-ring (bicyclic) bond motifs is 4. The highest BCUT2D eigenvalue weighted by Gasteiger charge is 2.08. The number of hydrogen-bond acceptors (Lipinski definition) is 5. The Hall–Kier alpha value is -3.41. The minimum absolute atomic E-state index is 0.731. The highest BCUT2D eigenvalue weighted by molar-refractivity contribution is 5.90. The molecule has 0 aromatic carbocycles. The number of nitrogens with zero attached hydrogens (tertiary/aromatic N) is 6. The van der Waals surface area contributed by atoms with Gasteiger partial charge in [-0.05, 0) is 48.9 Å². The van der Waals surface area contributed by atoms with Gasteiger partial charge in [-0.15, -0.1) is 0 Å². The maximum Gasteiger partial charge on any atom is 0.164 e. The fraction of sp³-hybridized carbons (Fsp3) is 0.105. The van der Waals surface area contributed by atoms with E-state index in [9.17, 15) is 0 Å². The minimum atomic E-state index is 0.731. The fourth-order valence-corrected chi connectivity index (χ4v) is 3.01. The van der Waals surface area contributed by atoms with Gasteiger partial charge in [0, 0.05) is 41.5 Å². The monoisotopic (exact) mass is 326 g/mol. The smallest absolute Gasteiger partial charge is 0.164 e. The molecular weight excluding hydrogens is 312 g/mol. The molecule has 6 heteroatoms. The van der Waals surface area contributed by atoms with Crippen LogP contribution in [0.3, 0.4) is 0 Å². The van der Waals surface area contributed by atoms with Crippen molar-refractivity contribution in [2.45, 2.75) is 12.8 Å². The summed E-state index contributed by atoms with van der Waals surface area (Å²) in [6.45, 7) is 0. The molecule has 0 N–H and O–H groups in total. The highest BCUT2D eigenvalue weighted by Crippen LogP contribution is 2.17. The molecule has 6 nitrogen and oxygen atoms in total. The first kappa shape index (κ1) is 14.0. The van der Waals surface area contributed by atoms with Gasteiger partial charge in [0.05, 0.1) is 5.52 Å². The second kappa shape index (κ2) is 5.59. The van der Waals surface area contributed by atoms with E-state index in [-0.39, 0.29) is 0 Å². The number of aryl methyl sites for hydroxylation is 2. The molecule has 0 fully saturated rings. The van der Waals surface area contributed by atoms with Crippen LogP contribution in [0.5, 0.6) is 0 Å². The summed E-state index contributed by atoms with van der Waals surface area (Å²) in [6, 6.07) is 13.9. The molecule has 0 spiro atoms. The Balaban J connectivity index is 1.46. The van der Waals surface area contributed by atoms with Crippen LogP contribution in [0, 0.1) is 0 Å². The van der Waals surface area contributed by atoms with Crippen LogP contribution >= 0.6 is 0 Å². The van der Waals surface area contributed by atoms with Crippen LogP contribution < -0.4 is 0 Å². The third-order valence-electron chi connectivity index (χ3n) is 4.25. The van der Waals surface area contributed by atoms with Crippen LogP contribution in [0.1, 0.15) is 11.5 Å². The van der Waals surface area contributed by atoms with Crippen LogP contribution in [-0.2, 0) is 12.8 Å². The molecule has 0 aliphatic rings. The normalized spacial score (nSPS) is 11.5. The van der Waals surface area contributed by atoms with Crippen LogP contribution in [0.4, 0.5) is 0 Å². The summed E-state index contributed by atoms with van der Waals surface area (Å²) in [5, 5.41) is 6.64. The van der Waals surface area contributed by atoms with Crippen molar-refractivity contribution in [3.63, 3.8) is 0 Å². The first-order chi connectivity index (χ1) is 12.4. The van der Waals surface area contributed by atoms with Gasteiger partial charge in [-0.2, -0.15) is 5.10 Å². The molecule has 5 aromatic heterocycles. The van der Waals surface area contributed by atoms with E-state index in [0.717, 1.165) is 51.9 Å². The van der Waals surface area contributed by atoms with Crippen molar-refractivity contribution in [1.29, 1.82) is 0 Å². The maximum atomic E-state index is 4.69. The second-order valence-electron chi connectivity index (χ2n) is 5.90. The zero-order chi connectivity index (χ0) is 16.6. The molecule has 5 aromatic rings. The Morgan fingerprint density at radius 3 is 2.76 bits per heavy atom. The minimum Gasteiger partial charge on any atom is -0.256 e. The van der Waals surface area contributed by atoms with Crippen molar-refractivity contribution in [3.05, 3.63) is 72.6 Å². The van der Waals surface area contributed by atoms with E-state index in [4.69, 9.17) is 0 Å². The zero-order valence-electron chi connectivity index (χ0n) is 13.4.